The van der Waals surface area contributed by atoms with Crippen LogP contribution in [0.4, 0.5) is 8.78 Å². The first-order valence-corrected chi connectivity index (χ1v) is 12.2. The lowest BCUT2D eigenvalue weighted by Crippen LogP contribution is -2.36. The molecule has 7 nitrogen and oxygen atoms in total. The SMILES string of the molecule is Cc1nn(Cc2ccc(S(=O)(=O)C(F)F)cc2)c(C)c1S(=O)(=O)N1CCCCC1. The average molecular weight is 448 g/mol. The van der Waals surface area contributed by atoms with Gasteiger partial charge in [-0.15, -0.1) is 0 Å². The van der Waals surface area contributed by atoms with E-state index >= 15 is 0 Å². The molecule has 0 atom stereocenters. The minimum atomic E-state index is -4.65. The molecule has 29 heavy (non-hydrogen) atoms. The number of aryl methyl sites for hydroxylation is 1. The van der Waals surface area contributed by atoms with Gasteiger partial charge in [-0.25, -0.2) is 16.8 Å². The van der Waals surface area contributed by atoms with Crippen LogP contribution in [0.3, 0.4) is 0 Å². The molecule has 1 fully saturated rings. The fraction of sp³-hybridized carbons (Fsp3) is 0.500. The summed E-state index contributed by atoms with van der Waals surface area (Å²) in [5.41, 5.74) is 1.49. The third-order valence-corrected chi connectivity index (χ3v) is 8.60. The van der Waals surface area contributed by atoms with E-state index < -0.39 is 30.5 Å². The van der Waals surface area contributed by atoms with Gasteiger partial charge in [0.05, 0.1) is 22.8 Å². The van der Waals surface area contributed by atoms with E-state index in [2.05, 4.69) is 5.10 Å². The molecule has 0 amide bonds. The van der Waals surface area contributed by atoms with E-state index in [1.165, 1.54) is 21.1 Å². The molecule has 0 spiro atoms. The lowest BCUT2D eigenvalue weighted by Gasteiger charge is -2.26. The highest BCUT2D eigenvalue weighted by atomic mass is 32.2. The second-order valence-corrected chi connectivity index (χ2v) is 10.9. The maximum Gasteiger partial charge on any atom is 0.341 e. The molecule has 1 aromatic heterocycles. The molecule has 0 bridgehead atoms. The van der Waals surface area contributed by atoms with Crippen molar-refractivity contribution in [1.82, 2.24) is 14.1 Å². The number of hydrogen-bond acceptors (Lipinski definition) is 5. The van der Waals surface area contributed by atoms with Crippen molar-refractivity contribution >= 4 is 19.9 Å². The van der Waals surface area contributed by atoms with Crippen LogP contribution in [0.15, 0.2) is 34.1 Å². The Hall–Kier alpha value is -1.85. The Labute approximate surface area is 169 Å². The van der Waals surface area contributed by atoms with Crippen LogP contribution in [0.25, 0.3) is 0 Å². The van der Waals surface area contributed by atoms with Crippen LogP contribution < -0.4 is 0 Å². The Morgan fingerprint density at radius 1 is 1.00 bits per heavy atom. The predicted octanol–water partition coefficient (Wildman–Crippen LogP) is 2.72. The maximum absolute atomic E-state index is 13.0. The van der Waals surface area contributed by atoms with Crippen molar-refractivity contribution in [2.24, 2.45) is 0 Å². The number of aromatic nitrogens is 2. The Morgan fingerprint density at radius 2 is 1.59 bits per heavy atom. The smallest absolute Gasteiger partial charge is 0.264 e. The fourth-order valence-corrected chi connectivity index (χ4v) is 6.11. The molecule has 0 aliphatic carbocycles. The molecule has 3 rings (SSSR count). The molecule has 1 aliphatic heterocycles. The van der Waals surface area contributed by atoms with E-state index in [0.29, 0.717) is 30.0 Å². The van der Waals surface area contributed by atoms with E-state index in [0.717, 1.165) is 31.4 Å². The van der Waals surface area contributed by atoms with Crippen molar-refractivity contribution in [3.63, 3.8) is 0 Å². The largest absolute Gasteiger partial charge is 0.341 e. The molecule has 0 unspecified atom stereocenters. The molecule has 1 aromatic carbocycles. The maximum atomic E-state index is 13.0. The van der Waals surface area contributed by atoms with Gasteiger partial charge < -0.3 is 0 Å². The van der Waals surface area contributed by atoms with E-state index in [4.69, 9.17) is 0 Å². The molecule has 1 saturated heterocycles. The van der Waals surface area contributed by atoms with E-state index in [1.807, 2.05) is 0 Å². The van der Waals surface area contributed by atoms with E-state index in [9.17, 15) is 25.6 Å². The quantitative estimate of drug-likeness (QED) is 0.679. The number of halogens is 2. The Bertz CT molecular complexity index is 1090. The summed E-state index contributed by atoms with van der Waals surface area (Å²) in [4.78, 5) is -0.269. The predicted molar refractivity (Wildman–Crippen MR) is 103 cm³/mol. The van der Waals surface area contributed by atoms with Gasteiger partial charge in [-0.05, 0) is 44.4 Å². The zero-order chi connectivity index (χ0) is 21.4. The summed E-state index contributed by atoms with van der Waals surface area (Å²) in [7, 11) is -8.29. The number of nitrogens with zero attached hydrogens (tertiary/aromatic N) is 3. The van der Waals surface area contributed by atoms with Crippen molar-refractivity contribution < 1.29 is 25.6 Å². The molecule has 0 saturated carbocycles. The first-order valence-electron chi connectivity index (χ1n) is 9.20. The molecular formula is C18H23F2N3O4S2. The number of hydrogen-bond donors (Lipinski definition) is 0. The molecular weight excluding hydrogens is 424 g/mol. The first-order chi connectivity index (χ1) is 13.5. The molecule has 0 radical (unpaired) electrons. The summed E-state index contributed by atoms with van der Waals surface area (Å²) < 4.78 is 77.5. The molecule has 2 heterocycles. The van der Waals surface area contributed by atoms with Gasteiger partial charge in [0.2, 0.25) is 19.9 Å². The number of piperidine rings is 1. The average Bonchev–Trinajstić information content (AvgIpc) is 2.96. The summed E-state index contributed by atoms with van der Waals surface area (Å²) in [5.74, 6) is -3.48. The lowest BCUT2D eigenvalue weighted by atomic mass is 10.2. The molecule has 11 heteroatoms. The van der Waals surface area contributed by atoms with Crippen molar-refractivity contribution in [3.05, 3.63) is 41.2 Å². The van der Waals surface area contributed by atoms with Gasteiger partial charge in [0, 0.05) is 13.1 Å². The summed E-state index contributed by atoms with van der Waals surface area (Å²) in [6.45, 7) is 4.49. The van der Waals surface area contributed by atoms with Crippen LogP contribution in [0.2, 0.25) is 0 Å². The minimum absolute atomic E-state index is 0.191. The van der Waals surface area contributed by atoms with Crippen LogP contribution in [0.5, 0.6) is 0 Å². The van der Waals surface area contributed by atoms with Gasteiger partial charge in [-0.1, -0.05) is 18.6 Å². The van der Waals surface area contributed by atoms with Gasteiger partial charge in [0.15, 0.2) is 0 Å². The highest BCUT2D eigenvalue weighted by molar-refractivity contribution is 7.91. The van der Waals surface area contributed by atoms with Crippen LogP contribution in [0, 0.1) is 13.8 Å². The number of sulfone groups is 1. The van der Waals surface area contributed by atoms with Crippen LogP contribution in [-0.2, 0) is 26.4 Å². The van der Waals surface area contributed by atoms with Crippen molar-refractivity contribution in [1.29, 1.82) is 0 Å². The van der Waals surface area contributed by atoms with Gasteiger partial charge in [-0.2, -0.15) is 18.2 Å². The number of benzene rings is 1. The summed E-state index contributed by atoms with van der Waals surface area (Å²) >= 11 is 0. The van der Waals surface area contributed by atoms with E-state index in [1.54, 1.807) is 13.8 Å². The van der Waals surface area contributed by atoms with Crippen molar-refractivity contribution in [2.75, 3.05) is 13.1 Å². The highest BCUT2D eigenvalue weighted by Gasteiger charge is 2.32. The Kier molecular flexibility index (Phi) is 6.11. The molecule has 2 aromatic rings. The second kappa shape index (κ2) is 8.11. The van der Waals surface area contributed by atoms with Gasteiger partial charge in [0.25, 0.3) is 0 Å². The van der Waals surface area contributed by atoms with Crippen LogP contribution in [-0.4, -0.2) is 49.8 Å². The van der Waals surface area contributed by atoms with Gasteiger partial charge in [0.1, 0.15) is 4.90 Å². The lowest BCUT2D eigenvalue weighted by molar-refractivity contribution is 0.234. The summed E-state index contributed by atoms with van der Waals surface area (Å²) in [5, 5.41) is 4.34. The first kappa shape index (κ1) is 21.8. The molecule has 160 valence electrons. The third kappa shape index (κ3) is 4.22. The third-order valence-electron chi connectivity index (χ3n) is 5.05. The number of alkyl halides is 2. The standard InChI is InChI=1S/C18H23F2N3O4S2/c1-13-17(29(26,27)22-10-4-3-5-11-22)14(2)23(21-13)12-15-6-8-16(9-7-15)28(24,25)18(19)20/h6-9,18H,3-5,10-12H2,1-2H3. The second-order valence-electron chi connectivity index (χ2n) is 7.07. The molecule has 1 aliphatic rings. The van der Waals surface area contributed by atoms with Gasteiger partial charge >= 0.3 is 5.76 Å². The summed E-state index contributed by atoms with van der Waals surface area (Å²) in [6, 6.07) is 5.08. The topological polar surface area (TPSA) is 89.3 Å². The Morgan fingerprint density at radius 3 is 2.14 bits per heavy atom. The Balaban J connectivity index is 1.87. The zero-order valence-electron chi connectivity index (χ0n) is 16.2. The highest BCUT2D eigenvalue weighted by Crippen LogP contribution is 2.27. The number of sulfonamides is 1. The molecule has 0 N–H and O–H groups in total. The zero-order valence-corrected chi connectivity index (χ0v) is 17.8. The van der Waals surface area contributed by atoms with Crippen LogP contribution in [0.1, 0.15) is 36.2 Å². The van der Waals surface area contributed by atoms with E-state index in [-0.39, 0.29) is 11.4 Å². The van der Waals surface area contributed by atoms with Gasteiger partial charge in [-0.3, -0.25) is 4.68 Å². The van der Waals surface area contributed by atoms with Crippen molar-refractivity contribution in [2.45, 2.75) is 55.2 Å². The fourth-order valence-electron chi connectivity index (χ4n) is 3.50. The normalized spacial score (nSPS) is 16.4. The van der Waals surface area contributed by atoms with Crippen molar-refractivity contribution in [3.8, 4) is 0 Å². The summed E-state index contributed by atoms with van der Waals surface area (Å²) in [6.07, 6.45) is 2.68. The number of rotatable bonds is 6. The minimum Gasteiger partial charge on any atom is -0.264 e. The van der Waals surface area contributed by atoms with Crippen LogP contribution >= 0.6 is 0 Å². The monoisotopic (exact) mass is 447 g/mol.